The minimum absolute atomic E-state index is 0.0113. The molecule has 2 heterocycles. The summed E-state index contributed by atoms with van der Waals surface area (Å²) in [6, 6.07) is 12.6. The number of aromatic nitrogens is 3. The molecule has 0 N–H and O–H groups in total. The van der Waals surface area contributed by atoms with Gasteiger partial charge in [-0.2, -0.15) is 9.29 Å². The summed E-state index contributed by atoms with van der Waals surface area (Å²) in [5.41, 5.74) is 2.75. The normalized spacial score (nSPS) is 12.8. The molecule has 10 heteroatoms. The molecule has 0 unspecified atom stereocenters. The van der Waals surface area contributed by atoms with Crippen molar-refractivity contribution in [2.24, 2.45) is 0 Å². The monoisotopic (exact) mass is 500 g/mol. The van der Waals surface area contributed by atoms with Gasteiger partial charge in [0.25, 0.3) is 0 Å². The quantitative estimate of drug-likeness (QED) is 0.377. The van der Waals surface area contributed by atoms with Crippen LogP contribution in [0.25, 0.3) is 21.6 Å². The number of hydrogen-bond donors (Lipinski definition) is 0. The van der Waals surface area contributed by atoms with Crippen molar-refractivity contribution >= 4 is 31.6 Å². The maximum atomic E-state index is 13.2. The molecule has 34 heavy (non-hydrogen) atoms. The number of hydrogen-bond acceptors (Lipinski definition) is 7. The van der Waals surface area contributed by atoms with Crippen LogP contribution in [-0.4, -0.2) is 34.5 Å². The Balaban J connectivity index is 1.55. The summed E-state index contributed by atoms with van der Waals surface area (Å²) in [6.45, 7) is 10.2. The van der Waals surface area contributed by atoms with Gasteiger partial charge in [0, 0.05) is 18.7 Å². The summed E-state index contributed by atoms with van der Waals surface area (Å²) >= 11 is 1.04. The number of benzene rings is 2. The average Bonchev–Trinajstić information content (AvgIpc) is 3.35. The first-order chi connectivity index (χ1) is 15.9. The van der Waals surface area contributed by atoms with Crippen LogP contribution >= 0.6 is 11.3 Å². The molecule has 8 nitrogen and oxygen atoms in total. The van der Waals surface area contributed by atoms with E-state index in [1.54, 1.807) is 16.7 Å². The highest BCUT2D eigenvalue weighted by Gasteiger charge is 2.25. The Labute approximate surface area is 202 Å². The third-order valence-electron chi connectivity index (χ3n) is 5.64. The van der Waals surface area contributed by atoms with Crippen LogP contribution in [0.3, 0.4) is 0 Å². The zero-order valence-electron chi connectivity index (χ0n) is 20.1. The molecule has 4 aromatic rings. The smallest absolute Gasteiger partial charge is 0.308 e. The van der Waals surface area contributed by atoms with Crippen LogP contribution in [0.4, 0.5) is 0 Å². The minimum Gasteiger partial charge on any atom is -0.338 e. The SMILES string of the molecule is CC(C)n1c(=O)sc2cc(S(=O)(=O)N(C)Cc3nc(-c4ccc(C(C)(C)C)cc4)no3)ccc21. The van der Waals surface area contributed by atoms with E-state index in [2.05, 4.69) is 30.9 Å². The standard InChI is InChI=1S/C24H28N4O4S2/c1-15(2)28-19-12-11-18(13-20(19)33-23(28)29)34(30,31)27(6)14-21-25-22(26-32-21)16-7-9-17(10-8-16)24(3,4)5/h7-13,15H,14H2,1-6H3. The Bertz CT molecular complexity index is 1490. The first-order valence-corrected chi connectivity index (χ1v) is 13.2. The Morgan fingerprint density at radius 3 is 2.41 bits per heavy atom. The second-order valence-electron chi connectivity index (χ2n) is 9.56. The summed E-state index contributed by atoms with van der Waals surface area (Å²) in [7, 11) is -2.37. The van der Waals surface area contributed by atoms with Gasteiger partial charge in [-0.15, -0.1) is 0 Å². The van der Waals surface area contributed by atoms with Crippen LogP contribution in [0.1, 0.15) is 52.1 Å². The lowest BCUT2D eigenvalue weighted by Crippen LogP contribution is -2.26. The fraction of sp³-hybridized carbons (Fsp3) is 0.375. The van der Waals surface area contributed by atoms with Crippen molar-refractivity contribution < 1.29 is 12.9 Å². The average molecular weight is 501 g/mol. The van der Waals surface area contributed by atoms with E-state index in [-0.39, 0.29) is 33.7 Å². The summed E-state index contributed by atoms with van der Waals surface area (Å²) in [5, 5.41) is 4.01. The second kappa shape index (κ2) is 8.75. The summed E-state index contributed by atoms with van der Waals surface area (Å²) in [4.78, 5) is 16.7. The Morgan fingerprint density at radius 1 is 1.12 bits per heavy atom. The van der Waals surface area contributed by atoms with Crippen molar-refractivity contribution in [1.29, 1.82) is 0 Å². The molecular formula is C24H28N4O4S2. The highest BCUT2D eigenvalue weighted by atomic mass is 32.2. The Kier molecular flexibility index (Phi) is 6.26. The van der Waals surface area contributed by atoms with E-state index in [4.69, 9.17) is 4.52 Å². The van der Waals surface area contributed by atoms with Gasteiger partial charge in [0.05, 0.1) is 21.7 Å². The van der Waals surface area contributed by atoms with Crippen molar-refractivity contribution in [2.45, 2.75) is 57.5 Å². The summed E-state index contributed by atoms with van der Waals surface area (Å²) in [6.07, 6.45) is 0. The van der Waals surface area contributed by atoms with Crippen LogP contribution < -0.4 is 4.87 Å². The first kappa shape index (κ1) is 24.3. The molecule has 2 aromatic heterocycles. The van der Waals surface area contributed by atoms with Gasteiger partial charge in [0.15, 0.2) is 0 Å². The Morgan fingerprint density at radius 2 is 1.79 bits per heavy atom. The Hall–Kier alpha value is -2.82. The van der Waals surface area contributed by atoms with Crippen molar-refractivity contribution in [3.8, 4) is 11.4 Å². The predicted molar refractivity (Wildman–Crippen MR) is 134 cm³/mol. The molecule has 0 atom stereocenters. The second-order valence-corrected chi connectivity index (χ2v) is 12.6. The number of fused-ring (bicyclic) bond motifs is 1. The van der Waals surface area contributed by atoms with Gasteiger partial charge in [-0.25, -0.2) is 8.42 Å². The third-order valence-corrected chi connectivity index (χ3v) is 8.36. The van der Waals surface area contributed by atoms with Gasteiger partial charge < -0.3 is 4.52 Å². The maximum absolute atomic E-state index is 13.2. The summed E-state index contributed by atoms with van der Waals surface area (Å²) < 4.78 is 35.1. The molecule has 180 valence electrons. The van der Waals surface area contributed by atoms with E-state index in [0.717, 1.165) is 26.7 Å². The molecule has 0 amide bonds. The van der Waals surface area contributed by atoms with Gasteiger partial charge in [0.2, 0.25) is 21.7 Å². The van der Waals surface area contributed by atoms with Crippen LogP contribution in [-0.2, 0) is 22.0 Å². The molecule has 0 saturated carbocycles. The highest BCUT2D eigenvalue weighted by Crippen LogP contribution is 2.27. The number of rotatable bonds is 6. The van der Waals surface area contributed by atoms with Gasteiger partial charge in [0.1, 0.15) is 0 Å². The summed E-state index contributed by atoms with van der Waals surface area (Å²) in [5.74, 6) is 0.597. The van der Waals surface area contributed by atoms with E-state index >= 15 is 0 Å². The molecule has 0 bridgehead atoms. The van der Waals surface area contributed by atoms with Crippen LogP contribution in [0.15, 0.2) is 56.7 Å². The van der Waals surface area contributed by atoms with Crippen LogP contribution in [0.5, 0.6) is 0 Å². The van der Waals surface area contributed by atoms with E-state index in [1.807, 2.05) is 38.1 Å². The van der Waals surface area contributed by atoms with E-state index in [0.29, 0.717) is 10.5 Å². The van der Waals surface area contributed by atoms with Gasteiger partial charge in [-0.3, -0.25) is 9.36 Å². The molecule has 0 spiro atoms. The van der Waals surface area contributed by atoms with Crippen molar-refractivity contribution in [3.63, 3.8) is 0 Å². The zero-order valence-corrected chi connectivity index (χ0v) is 21.7. The molecular weight excluding hydrogens is 472 g/mol. The lowest BCUT2D eigenvalue weighted by molar-refractivity contribution is 0.337. The minimum atomic E-state index is -3.83. The molecule has 0 radical (unpaired) electrons. The van der Waals surface area contributed by atoms with Crippen molar-refractivity contribution in [2.75, 3.05) is 7.05 Å². The molecule has 0 aliphatic rings. The van der Waals surface area contributed by atoms with E-state index in [1.165, 1.54) is 18.7 Å². The fourth-order valence-corrected chi connectivity index (χ4v) is 5.95. The lowest BCUT2D eigenvalue weighted by Gasteiger charge is -2.18. The van der Waals surface area contributed by atoms with E-state index in [9.17, 15) is 13.2 Å². The highest BCUT2D eigenvalue weighted by molar-refractivity contribution is 7.89. The molecule has 0 fully saturated rings. The lowest BCUT2D eigenvalue weighted by atomic mass is 9.87. The van der Waals surface area contributed by atoms with Gasteiger partial charge in [-0.05, 0) is 43.0 Å². The number of sulfonamides is 1. The van der Waals surface area contributed by atoms with Crippen molar-refractivity contribution in [1.82, 2.24) is 19.0 Å². The number of thiazole rings is 1. The van der Waals surface area contributed by atoms with Gasteiger partial charge >= 0.3 is 4.87 Å². The molecule has 0 aliphatic carbocycles. The van der Waals surface area contributed by atoms with Crippen LogP contribution in [0.2, 0.25) is 0 Å². The predicted octanol–water partition coefficient (Wildman–Crippen LogP) is 4.81. The molecule has 0 aliphatic heterocycles. The largest absolute Gasteiger partial charge is 0.338 e. The maximum Gasteiger partial charge on any atom is 0.308 e. The van der Waals surface area contributed by atoms with Crippen molar-refractivity contribution in [3.05, 3.63) is 63.6 Å². The third kappa shape index (κ3) is 4.57. The topological polar surface area (TPSA) is 98.3 Å². The number of nitrogens with zero attached hydrogens (tertiary/aromatic N) is 4. The van der Waals surface area contributed by atoms with Gasteiger partial charge in [-0.1, -0.05) is 61.5 Å². The fourth-order valence-electron chi connectivity index (χ4n) is 3.68. The first-order valence-electron chi connectivity index (χ1n) is 10.9. The van der Waals surface area contributed by atoms with Crippen LogP contribution in [0, 0.1) is 0 Å². The zero-order chi connectivity index (χ0) is 24.8. The molecule has 4 rings (SSSR count). The molecule has 2 aromatic carbocycles. The van der Waals surface area contributed by atoms with E-state index < -0.39 is 10.0 Å². The molecule has 0 saturated heterocycles.